The third-order valence-electron chi connectivity index (χ3n) is 8.38. The molecule has 1 aromatic heterocycles. The molecule has 2 unspecified atom stereocenters. The summed E-state index contributed by atoms with van der Waals surface area (Å²) in [5, 5.41) is 7.22. The average molecular weight is 550 g/mol. The van der Waals surface area contributed by atoms with Crippen molar-refractivity contribution in [2.24, 2.45) is 27.6 Å². The van der Waals surface area contributed by atoms with Crippen molar-refractivity contribution in [2.45, 2.75) is 40.0 Å². The third kappa shape index (κ3) is 4.93. The Morgan fingerprint density at radius 1 is 1.13 bits per heavy atom. The molecule has 206 valence electrons. The average Bonchev–Trinajstić information content (AvgIpc) is 3.45. The summed E-state index contributed by atoms with van der Waals surface area (Å²) in [5.41, 5.74) is 7.64. The minimum Gasteiger partial charge on any atom is -0.369 e. The van der Waals surface area contributed by atoms with Gasteiger partial charge in [0.1, 0.15) is 5.41 Å². The molecule has 5 rings (SSSR count). The molecule has 1 saturated heterocycles. The van der Waals surface area contributed by atoms with Gasteiger partial charge in [-0.2, -0.15) is 5.10 Å². The molecule has 0 bridgehead atoms. The zero-order valence-corrected chi connectivity index (χ0v) is 23.5. The van der Waals surface area contributed by atoms with Crippen LogP contribution in [0.5, 0.6) is 0 Å². The summed E-state index contributed by atoms with van der Waals surface area (Å²) in [4.78, 5) is 45.7. The number of hydrogen-bond donors (Lipinski definition) is 2. The number of hydrazone groups is 1. The zero-order valence-electron chi connectivity index (χ0n) is 22.6. The lowest BCUT2D eigenvalue weighted by Crippen LogP contribution is -2.58. The minimum absolute atomic E-state index is 0. The van der Waals surface area contributed by atoms with Gasteiger partial charge in [0, 0.05) is 43.2 Å². The van der Waals surface area contributed by atoms with Crippen LogP contribution in [0.2, 0.25) is 0 Å². The van der Waals surface area contributed by atoms with E-state index in [1.54, 1.807) is 18.7 Å². The number of carbonyl (C=O) groups is 3. The van der Waals surface area contributed by atoms with Crippen LogP contribution in [-0.2, 0) is 27.2 Å². The molecule has 3 aromatic rings. The fourth-order valence-corrected chi connectivity index (χ4v) is 5.90. The maximum atomic E-state index is 14.3. The third-order valence-corrected chi connectivity index (χ3v) is 8.38. The van der Waals surface area contributed by atoms with Crippen molar-refractivity contribution in [2.75, 3.05) is 19.6 Å². The number of nitrogens with one attached hydrogen (secondary N) is 1. The Morgan fingerprint density at radius 2 is 1.82 bits per heavy atom. The van der Waals surface area contributed by atoms with Crippen LogP contribution in [0.1, 0.15) is 38.3 Å². The number of H-pyrrole nitrogens is 1. The van der Waals surface area contributed by atoms with Crippen LogP contribution in [0.4, 0.5) is 0 Å². The van der Waals surface area contributed by atoms with E-state index in [1.807, 2.05) is 67.7 Å². The summed E-state index contributed by atoms with van der Waals surface area (Å²) in [5.74, 6) is -1.44. The van der Waals surface area contributed by atoms with Gasteiger partial charge < -0.3 is 15.6 Å². The second kappa shape index (κ2) is 10.8. The molecule has 2 aliphatic heterocycles. The van der Waals surface area contributed by atoms with Crippen LogP contribution in [0.3, 0.4) is 0 Å². The number of nitrogens with zero attached hydrogens (tertiary/aromatic N) is 3. The lowest BCUT2D eigenvalue weighted by molar-refractivity contribution is -0.148. The molecule has 0 saturated carbocycles. The van der Waals surface area contributed by atoms with Gasteiger partial charge in [0.15, 0.2) is 0 Å². The summed E-state index contributed by atoms with van der Waals surface area (Å²) in [6, 6.07) is 17.8. The molecule has 1 fully saturated rings. The van der Waals surface area contributed by atoms with E-state index in [-0.39, 0.29) is 30.8 Å². The highest BCUT2D eigenvalue weighted by molar-refractivity contribution is 6.13. The number of piperidine rings is 1. The molecule has 8 nitrogen and oxygen atoms in total. The normalized spacial score (nSPS) is 19.9. The predicted molar refractivity (Wildman–Crippen MR) is 154 cm³/mol. The van der Waals surface area contributed by atoms with Crippen LogP contribution >= 0.6 is 12.4 Å². The largest absolute Gasteiger partial charge is 0.369 e. The molecule has 2 aliphatic rings. The molecule has 9 heteroatoms. The number of para-hydroxylation sites is 1. The fourth-order valence-electron chi connectivity index (χ4n) is 5.90. The zero-order chi connectivity index (χ0) is 27.1. The number of fused-ring (bicyclic) bond motifs is 2. The Hall–Kier alpha value is -3.65. The number of halogens is 1. The highest BCUT2D eigenvalue weighted by atomic mass is 35.5. The highest BCUT2D eigenvalue weighted by Crippen LogP contribution is 2.41. The van der Waals surface area contributed by atoms with Crippen molar-refractivity contribution in [1.82, 2.24) is 14.9 Å². The van der Waals surface area contributed by atoms with Gasteiger partial charge in [-0.3, -0.25) is 14.4 Å². The van der Waals surface area contributed by atoms with Gasteiger partial charge in [-0.1, -0.05) is 62.4 Å². The smallest absolute Gasteiger partial charge is 0.256 e. The van der Waals surface area contributed by atoms with Crippen molar-refractivity contribution in [3.05, 3.63) is 71.9 Å². The molecule has 39 heavy (non-hydrogen) atoms. The molecular weight excluding hydrogens is 514 g/mol. The minimum atomic E-state index is -1.09. The van der Waals surface area contributed by atoms with E-state index in [0.29, 0.717) is 32.4 Å². The standard InChI is InChI=1S/C30H35N5O3.ClH/c1-4-35-28(38)30(17-20-10-6-5-7-11-20)19-34(15-14-25(30)33-35)26(36)23(29(2,3)27(31)37)16-21-18-32-24-13-9-8-12-22(21)24;/h5-13,18,23,32H,4,14-17,19H2,1-3H3,(H2,31,37);1H. The van der Waals surface area contributed by atoms with E-state index in [9.17, 15) is 14.4 Å². The summed E-state index contributed by atoms with van der Waals surface area (Å²) in [6.07, 6.45) is 3.24. The van der Waals surface area contributed by atoms with Crippen LogP contribution < -0.4 is 5.73 Å². The van der Waals surface area contributed by atoms with Crippen LogP contribution in [0, 0.1) is 16.7 Å². The second-order valence-electron chi connectivity index (χ2n) is 11.0. The van der Waals surface area contributed by atoms with Crippen molar-refractivity contribution >= 4 is 46.7 Å². The highest BCUT2D eigenvalue weighted by Gasteiger charge is 2.55. The van der Waals surface area contributed by atoms with Gasteiger partial charge >= 0.3 is 0 Å². The molecular formula is C30H36ClN5O3. The number of hydrogen-bond acceptors (Lipinski definition) is 4. The second-order valence-corrected chi connectivity index (χ2v) is 11.0. The monoisotopic (exact) mass is 549 g/mol. The topological polar surface area (TPSA) is 112 Å². The van der Waals surface area contributed by atoms with Gasteiger partial charge in [-0.25, -0.2) is 5.01 Å². The molecule has 3 N–H and O–H groups in total. The van der Waals surface area contributed by atoms with E-state index in [0.717, 1.165) is 27.7 Å². The number of carbonyl (C=O) groups excluding carboxylic acids is 3. The van der Waals surface area contributed by atoms with E-state index in [2.05, 4.69) is 10.1 Å². The van der Waals surface area contributed by atoms with Crippen LogP contribution in [0.25, 0.3) is 10.9 Å². The Bertz CT molecular complexity index is 1420. The molecule has 0 radical (unpaired) electrons. The number of nitrogens with two attached hydrogens (primary N) is 1. The van der Waals surface area contributed by atoms with Gasteiger partial charge in [0.25, 0.3) is 5.91 Å². The van der Waals surface area contributed by atoms with Crippen molar-refractivity contribution in [3.8, 4) is 0 Å². The maximum absolute atomic E-state index is 14.3. The van der Waals surface area contributed by atoms with Crippen LogP contribution in [-0.4, -0.2) is 58.0 Å². The van der Waals surface area contributed by atoms with E-state index >= 15 is 0 Å². The number of aromatic nitrogens is 1. The van der Waals surface area contributed by atoms with Crippen molar-refractivity contribution in [1.29, 1.82) is 0 Å². The Labute approximate surface area is 235 Å². The van der Waals surface area contributed by atoms with Gasteiger partial charge in [-0.15, -0.1) is 12.4 Å². The molecule has 2 aromatic carbocycles. The number of primary amides is 1. The first kappa shape index (κ1) is 28.4. The van der Waals surface area contributed by atoms with E-state index < -0.39 is 22.7 Å². The summed E-state index contributed by atoms with van der Waals surface area (Å²) in [7, 11) is 0. The maximum Gasteiger partial charge on any atom is 0.256 e. The Kier molecular flexibility index (Phi) is 7.89. The van der Waals surface area contributed by atoms with E-state index in [4.69, 9.17) is 5.73 Å². The summed E-state index contributed by atoms with van der Waals surface area (Å²) >= 11 is 0. The number of likely N-dealkylation sites (tertiary alicyclic amines) is 1. The Balaban J connectivity index is 0.00000353. The predicted octanol–water partition coefficient (Wildman–Crippen LogP) is 3.94. The van der Waals surface area contributed by atoms with Crippen molar-refractivity contribution < 1.29 is 14.4 Å². The van der Waals surface area contributed by atoms with E-state index in [1.165, 1.54) is 5.01 Å². The summed E-state index contributed by atoms with van der Waals surface area (Å²) in [6.45, 7) is 6.54. The molecule has 3 heterocycles. The van der Waals surface area contributed by atoms with Gasteiger partial charge in [-0.05, 0) is 37.0 Å². The first-order valence-electron chi connectivity index (χ1n) is 13.2. The molecule has 0 aliphatic carbocycles. The Morgan fingerprint density at radius 3 is 2.51 bits per heavy atom. The van der Waals surface area contributed by atoms with Gasteiger partial charge in [0.2, 0.25) is 11.8 Å². The number of rotatable bonds is 8. The van der Waals surface area contributed by atoms with Gasteiger partial charge in [0.05, 0.1) is 17.0 Å². The van der Waals surface area contributed by atoms with Crippen molar-refractivity contribution in [3.63, 3.8) is 0 Å². The quantitative estimate of drug-likeness (QED) is 0.444. The molecule has 3 amide bonds. The SMILES string of the molecule is CCN1N=C2CCN(C(=O)C(Cc3c[nH]c4ccccc34)C(C)(C)C(N)=O)CC2(Cc2ccccc2)C1=O.Cl. The first-order valence-corrected chi connectivity index (χ1v) is 13.2. The lowest BCUT2D eigenvalue weighted by Gasteiger charge is -2.42. The van der Waals surface area contributed by atoms with Crippen LogP contribution in [0.15, 0.2) is 65.9 Å². The number of amides is 3. The molecule has 0 spiro atoms. The summed E-state index contributed by atoms with van der Waals surface area (Å²) < 4.78 is 0. The first-order chi connectivity index (χ1) is 18.2. The fraction of sp³-hybridized carbons (Fsp3) is 0.400. The lowest BCUT2D eigenvalue weighted by atomic mass is 9.71. The molecule has 2 atom stereocenters. The number of aromatic amines is 1. The number of benzene rings is 2.